The average Bonchev–Trinajstić information content (AvgIpc) is 3.22. The van der Waals surface area contributed by atoms with Gasteiger partial charge in [0.05, 0.1) is 36.3 Å². The molecule has 1 saturated carbocycles. The Labute approximate surface area is 260 Å². The molecule has 1 heterocycles. The van der Waals surface area contributed by atoms with E-state index in [1.165, 1.54) is 16.7 Å². The van der Waals surface area contributed by atoms with Crippen LogP contribution in [0.3, 0.4) is 0 Å². The number of nitrogens with one attached hydrogen (secondary N) is 1. The largest absolute Gasteiger partial charge is 0.379 e. The first-order valence-corrected chi connectivity index (χ1v) is 15.8. The monoisotopic (exact) mass is 605 g/mol. The van der Waals surface area contributed by atoms with Crippen molar-refractivity contribution < 1.29 is 24.1 Å². The standard InChI is InChI=1S/C33H59N5O5/c1-22(2)11-9-12-23(3)13-10-14-24(4)17-18-37-21-29(39)38(7)31-28(41-8)19-33(35,40)30(31)25(5)42-32-27(34)16-15-26(43-32)20-36-6/h11,13,17-18,25-28,30-32,36,40H,9-10,12,14-16,19-21,34-35H2,1-8H3/b23-13+,24-17+,37-18?/t25-,26?,27?,28?,30?,31?,32-,33?/m0/s1. The van der Waals surface area contributed by atoms with Crippen molar-refractivity contribution in [1.82, 2.24) is 10.2 Å². The number of likely N-dealkylation sites (N-methyl/N-ethyl adjacent to an activating group) is 2. The van der Waals surface area contributed by atoms with Gasteiger partial charge in [-0.15, -0.1) is 0 Å². The lowest BCUT2D eigenvalue weighted by molar-refractivity contribution is -0.237. The van der Waals surface area contributed by atoms with E-state index in [-0.39, 0.29) is 31.0 Å². The summed E-state index contributed by atoms with van der Waals surface area (Å²) in [7, 11) is 5.14. The fourth-order valence-electron chi connectivity index (χ4n) is 6.09. The molecule has 0 bridgehead atoms. The lowest BCUT2D eigenvalue weighted by Gasteiger charge is -2.41. The van der Waals surface area contributed by atoms with Crippen molar-refractivity contribution in [3.63, 3.8) is 0 Å². The summed E-state index contributed by atoms with van der Waals surface area (Å²) < 4.78 is 18.1. The number of rotatable bonds is 16. The number of carbonyl (C=O) groups excluding carboxylic acids is 1. The maximum absolute atomic E-state index is 13.3. The molecule has 246 valence electrons. The van der Waals surface area contributed by atoms with Crippen molar-refractivity contribution in [2.45, 2.75) is 122 Å². The molecule has 2 aliphatic rings. The molecule has 2 fully saturated rings. The third-order valence-corrected chi connectivity index (χ3v) is 8.60. The topological polar surface area (TPSA) is 145 Å². The quantitative estimate of drug-likeness (QED) is 0.119. The molecule has 2 rings (SSSR count). The van der Waals surface area contributed by atoms with Crippen LogP contribution in [0.25, 0.3) is 0 Å². The van der Waals surface area contributed by atoms with Gasteiger partial charge in [-0.3, -0.25) is 9.79 Å². The highest BCUT2D eigenvalue weighted by atomic mass is 16.7. The van der Waals surface area contributed by atoms with Crippen molar-refractivity contribution in [2.75, 3.05) is 34.3 Å². The summed E-state index contributed by atoms with van der Waals surface area (Å²) in [4.78, 5) is 19.2. The van der Waals surface area contributed by atoms with Crippen molar-refractivity contribution >= 4 is 12.1 Å². The Morgan fingerprint density at radius 3 is 2.51 bits per heavy atom. The van der Waals surface area contributed by atoms with E-state index in [9.17, 15) is 9.90 Å². The summed E-state index contributed by atoms with van der Waals surface area (Å²) in [5.74, 6) is -0.824. The molecule has 1 aliphatic carbocycles. The molecule has 10 heteroatoms. The lowest BCUT2D eigenvalue weighted by atomic mass is 9.90. The Hall–Kier alpha value is -1.92. The van der Waals surface area contributed by atoms with E-state index in [2.05, 4.69) is 50.2 Å². The van der Waals surface area contributed by atoms with Gasteiger partial charge in [-0.05, 0) is 86.3 Å². The Morgan fingerprint density at radius 1 is 1.19 bits per heavy atom. The van der Waals surface area contributed by atoms with E-state index in [1.54, 1.807) is 25.3 Å². The number of carbonyl (C=O) groups is 1. The minimum Gasteiger partial charge on any atom is -0.379 e. The van der Waals surface area contributed by atoms with Crippen LogP contribution in [-0.2, 0) is 19.0 Å². The van der Waals surface area contributed by atoms with Gasteiger partial charge in [0.1, 0.15) is 12.3 Å². The van der Waals surface area contributed by atoms with E-state index in [4.69, 9.17) is 25.7 Å². The molecule has 10 nitrogen and oxygen atoms in total. The molecule has 1 saturated heterocycles. The van der Waals surface area contributed by atoms with Crippen LogP contribution in [0.5, 0.6) is 0 Å². The van der Waals surface area contributed by atoms with Crippen LogP contribution in [0.4, 0.5) is 0 Å². The van der Waals surface area contributed by atoms with Crippen molar-refractivity contribution in [3.05, 3.63) is 34.9 Å². The number of ether oxygens (including phenoxy) is 3. The maximum Gasteiger partial charge on any atom is 0.244 e. The second kappa shape index (κ2) is 18.1. The zero-order chi connectivity index (χ0) is 32.2. The number of hydrogen-bond acceptors (Lipinski definition) is 9. The summed E-state index contributed by atoms with van der Waals surface area (Å²) in [6.45, 7) is 11.0. The molecule has 1 amide bonds. The number of nitrogens with two attached hydrogens (primary N) is 2. The molecule has 6 unspecified atom stereocenters. The Bertz CT molecular complexity index is 990. The summed E-state index contributed by atoms with van der Waals surface area (Å²) in [6.07, 6.45) is 12.4. The van der Waals surface area contributed by atoms with Gasteiger partial charge >= 0.3 is 0 Å². The normalized spacial score (nSPS) is 31.0. The molecule has 43 heavy (non-hydrogen) atoms. The molecule has 0 aromatic rings. The Morgan fingerprint density at radius 2 is 1.86 bits per heavy atom. The van der Waals surface area contributed by atoms with Gasteiger partial charge in [0, 0.05) is 33.3 Å². The highest BCUT2D eigenvalue weighted by molar-refractivity contribution is 5.81. The number of hydrogen-bond donors (Lipinski definition) is 4. The molecule has 0 aromatic carbocycles. The van der Waals surface area contributed by atoms with E-state index in [0.717, 1.165) is 38.5 Å². The number of aliphatic imine (C=N–C) groups is 1. The predicted molar refractivity (Wildman–Crippen MR) is 174 cm³/mol. The number of nitrogens with zero attached hydrogens (tertiary/aromatic N) is 2. The Kier molecular flexibility index (Phi) is 15.7. The summed E-state index contributed by atoms with van der Waals surface area (Å²) in [5.41, 5.74) is 15.1. The number of aliphatic hydroxyl groups is 1. The van der Waals surface area contributed by atoms with Gasteiger partial charge < -0.3 is 41.0 Å². The van der Waals surface area contributed by atoms with Crippen LogP contribution < -0.4 is 16.8 Å². The third-order valence-electron chi connectivity index (χ3n) is 8.60. The van der Waals surface area contributed by atoms with Crippen LogP contribution in [0, 0.1) is 5.92 Å². The van der Waals surface area contributed by atoms with Crippen LogP contribution >= 0.6 is 0 Å². The van der Waals surface area contributed by atoms with E-state index >= 15 is 0 Å². The summed E-state index contributed by atoms with van der Waals surface area (Å²) in [5, 5.41) is 14.4. The van der Waals surface area contributed by atoms with Gasteiger partial charge in [-0.25, -0.2) is 0 Å². The highest BCUT2D eigenvalue weighted by Crippen LogP contribution is 2.40. The molecule has 8 atom stereocenters. The molecule has 1 aliphatic heterocycles. The fourth-order valence-corrected chi connectivity index (χ4v) is 6.09. The maximum atomic E-state index is 13.3. The number of allylic oxidation sites excluding steroid dienone is 6. The van der Waals surface area contributed by atoms with Crippen LogP contribution in [0.1, 0.15) is 79.6 Å². The summed E-state index contributed by atoms with van der Waals surface area (Å²) >= 11 is 0. The minimum atomic E-state index is -1.61. The van der Waals surface area contributed by atoms with Gasteiger partial charge in [0.2, 0.25) is 5.91 Å². The van der Waals surface area contributed by atoms with Gasteiger partial charge in [0.25, 0.3) is 0 Å². The third kappa shape index (κ3) is 11.8. The first kappa shape index (κ1) is 37.3. The van der Waals surface area contributed by atoms with Gasteiger partial charge in [0.15, 0.2) is 6.29 Å². The molecular weight excluding hydrogens is 546 g/mol. The smallest absolute Gasteiger partial charge is 0.244 e. The zero-order valence-corrected chi connectivity index (χ0v) is 27.8. The molecular formula is C33H59N5O5. The average molecular weight is 606 g/mol. The Balaban J connectivity index is 1.99. The first-order chi connectivity index (χ1) is 20.3. The van der Waals surface area contributed by atoms with Crippen LogP contribution in [-0.4, -0.2) is 98.8 Å². The van der Waals surface area contributed by atoms with E-state index < -0.39 is 36.2 Å². The summed E-state index contributed by atoms with van der Waals surface area (Å²) in [6, 6.07) is -0.813. The first-order valence-electron chi connectivity index (χ1n) is 15.8. The zero-order valence-electron chi connectivity index (χ0n) is 27.8. The molecule has 0 aromatic heterocycles. The predicted octanol–water partition coefficient (Wildman–Crippen LogP) is 3.44. The van der Waals surface area contributed by atoms with Crippen LogP contribution in [0.15, 0.2) is 39.9 Å². The molecule has 0 spiro atoms. The second-order valence-corrected chi connectivity index (χ2v) is 12.7. The van der Waals surface area contributed by atoms with Crippen molar-refractivity contribution in [2.24, 2.45) is 22.4 Å². The van der Waals surface area contributed by atoms with Crippen molar-refractivity contribution in [3.8, 4) is 0 Å². The fraction of sp³-hybridized carbons (Fsp3) is 0.758. The van der Waals surface area contributed by atoms with E-state index in [0.29, 0.717) is 6.54 Å². The van der Waals surface area contributed by atoms with E-state index in [1.807, 2.05) is 20.0 Å². The number of methoxy groups -OCH3 is 1. The molecule has 6 N–H and O–H groups in total. The lowest BCUT2D eigenvalue weighted by Crippen LogP contribution is -2.58. The highest BCUT2D eigenvalue weighted by Gasteiger charge is 2.56. The van der Waals surface area contributed by atoms with Gasteiger partial charge in [-0.2, -0.15) is 0 Å². The van der Waals surface area contributed by atoms with Gasteiger partial charge in [-0.1, -0.05) is 28.9 Å². The molecule has 0 radical (unpaired) electrons. The van der Waals surface area contributed by atoms with Crippen molar-refractivity contribution in [1.29, 1.82) is 0 Å². The second-order valence-electron chi connectivity index (χ2n) is 12.7. The minimum absolute atomic E-state index is 0.0113. The number of amides is 1. The SMILES string of the molecule is CNCC1CCC(N)[C@@H](O[C@@H](C)C2C(N(C)C(=O)CN=C/C=C(\C)CC/C=C(\C)CCC=C(C)C)C(OC)CC2(N)O)O1. The van der Waals surface area contributed by atoms with Crippen LogP contribution in [0.2, 0.25) is 0 Å².